The van der Waals surface area contributed by atoms with Crippen molar-refractivity contribution in [2.75, 3.05) is 20.3 Å². The summed E-state index contributed by atoms with van der Waals surface area (Å²) >= 11 is 4.99. The second kappa shape index (κ2) is 6.21. The van der Waals surface area contributed by atoms with Crippen molar-refractivity contribution in [3.05, 3.63) is 11.4 Å². The normalized spacial score (nSPS) is 19.3. The zero-order chi connectivity index (χ0) is 13.0. The van der Waals surface area contributed by atoms with Crippen LogP contribution in [0.3, 0.4) is 0 Å². The summed E-state index contributed by atoms with van der Waals surface area (Å²) < 4.78 is 12.5. The zero-order valence-corrected chi connectivity index (χ0v) is 11.3. The molecule has 2 N–H and O–H groups in total. The molecule has 2 heterocycles. The molecule has 0 amide bonds. The molecule has 1 aromatic rings. The number of thiocarbonyl (C=S) groups is 1. The van der Waals surface area contributed by atoms with Crippen LogP contribution in [0.2, 0.25) is 0 Å². The summed E-state index contributed by atoms with van der Waals surface area (Å²) in [5.41, 5.74) is 7.18. The van der Waals surface area contributed by atoms with Crippen LogP contribution in [0.1, 0.15) is 24.2 Å². The first kappa shape index (κ1) is 13.4. The summed E-state index contributed by atoms with van der Waals surface area (Å²) in [6, 6.07) is 0. The third-order valence-electron chi connectivity index (χ3n) is 3.01. The van der Waals surface area contributed by atoms with Crippen molar-refractivity contribution >= 4 is 17.2 Å². The molecule has 18 heavy (non-hydrogen) atoms. The van der Waals surface area contributed by atoms with E-state index in [2.05, 4.69) is 10.3 Å². The molecule has 1 fully saturated rings. The van der Waals surface area contributed by atoms with Crippen molar-refractivity contribution in [1.82, 2.24) is 15.0 Å². The van der Waals surface area contributed by atoms with Gasteiger partial charge in [-0.3, -0.25) is 0 Å². The van der Waals surface area contributed by atoms with Gasteiger partial charge in [0.15, 0.2) is 0 Å². The number of rotatable bonds is 6. The van der Waals surface area contributed by atoms with Gasteiger partial charge in [-0.2, -0.15) is 0 Å². The summed E-state index contributed by atoms with van der Waals surface area (Å²) in [5.74, 6) is 0. The minimum atomic E-state index is 0.215. The monoisotopic (exact) mass is 270 g/mol. The fourth-order valence-corrected chi connectivity index (χ4v) is 2.26. The van der Waals surface area contributed by atoms with Gasteiger partial charge in [-0.1, -0.05) is 17.4 Å². The van der Waals surface area contributed by atoms with E-state index in [1.165, 1.54) is 0 Å². The molecule has 0 radical (unpaired) electrons. The van der Waals surface area contributed by atoms with Gasteiger partial charge >= 0.3 is 0 Å². The minimum Gasteiger partial charge on any atom is -0.388 e. The number of ether oxygens (including phenoxy) is 2. The van der Waals surface area contributed by atoms with Crippen LogP contribution in [0.15, 0.2) is 0 Å². The lowest BCUT2D eigenvalue weighted by Crippen LogP contribution is -2.20. The molecule has 100 valence electrons. The third kappa shape index (κ3) is 3.04. The van der Waals surface area contributed by atoms with Crippen molar-refractivity contribution in [3.63, 3.8) is 0 Å². The Bertz CT molecular complexity index is 415. The Morgan fingerprint density at radius 2 is 2.50 bits per heavy atom. The summed E-state index contributed by atoms with van der Waals surface area (Å²) in [4.78, 5) is 0.277. The number of nitrogens with two attached hydrogens (primary N) is 1. The number of hydrogen-bond donors (Lipinski definition) is 1. The largest absolute Gasteiger partial charge is 0.388 e. The molecule has 1 aliphatic rings. The SMILES string of the molecule is COCCc1c(C(N)=S)nnn1CC1CCCO1. The zero-order valence-electron chi connectivity index (χ0n) is 10.5. The van der Waals surface area contributed by atoms with Crippen molar-refractivity contribution in [1.29, 1.82) is 0 Å². The Morgan fingerprint density at radius 3 is 3.11 bits per heavy atom. The third-order valence-corrected chi connectivity index (χ3v) is 3.21. The van der Waals surface area contributed by atoms with Gasteiger partial charge in [0.05, 0.1) is 24.9 Å². The van der Waals surface area contributed by atoms with Gasteiger partial charge in [0, 0.05) is 20.1 Å². The molecule has 1 atom stereocenters. The molecule has 0 spiro atoms. The van der Waals surface area contributed by atoms with E-state index >= 15 is 0 Å². The molecule has 1 unspecified atom stereocenters. The second-order valence-electron chi connectivity index (χ2n) is 4.31. The molecule has 1 saturated heterocycles. The molecular formula is C11H18N4O2S. The van der Waals surface area contributed by atoms with Gasteiger partial charge in [0.1, 0.15) is 10.7 Å². The van der Waals surface area contributed by atoms with E-state index in [1.807, 2.05) is 4.68 Å². The topological polar surface area (TPSA) is 75.2 Å². The quantitative estimate of drug-likeness (QED) is 0.748. The Morgan fingerprint density at radius 1 is 1.67 bits per heavy atom. The summed E-state index contributed by atoms with van der Waals surface area (Å²) in [6.07, 6.45) is 3.08. The second-order valence-corrected chi connectivity index (χ2v) is 4.75. The van der Waals surface area contributed by atoms with Crippen molar-refractivity contribution in [2.24, 2.45) is 5.73 Å². The van der Waals surface area contributed by atoms with E-state index in [0.29, 0.717) is 25.3 Å². The lowest BCUT2D eigenvalue weighted by Gasteiger charge is -2.12. The van der Waals surface area contributed by atoms with Crippen molar-refractivity contribution < 1.29 is 9.47 Å². The van der Waals surface area contributed by atoms with Crippen LogP contribution in [0.4, 0.5) is 0 Å². The van der Waals surface area contributed by atoms with Gasteiger partial charge in [0.2, 0.25) is 0 Å². The Kier molecular flexibility index (Phi) is 4.62. The van der Waals surface area contributed by atoms with E-state index in [1.54, 1.807) is 7.11 Å². The predicted molar refractivity (Wildman–Crippen MR) is 70.5 cm³/mol. The van der Waals surface area contributed by atoms with Crippen LogP contribution in [0.25, 0.3) is 0 Å². The molecule has 0 aromatic carbocycles. The van der Waals surface area contributed by atoms with Crippen LogP contribution in [0.5, 0.6) is 0 Å². The summed E-state index contributed by atoms with van der Waals surface area (Å²) in [5, 5.41) is 8.16. The Labute approximate surface area is 111 Å². The molecule has 0 bridgehead atoms. The summed E-state index contributed by atoms with van der Waals surface area (Å²) in [7, 11) is 1.66. The number of hydrogen-bond acceptors (Lipinski definition) is 5. The van der Waals surface area contributed by atoms with E-state index in [9.17, 15) is 0 Å². The molecule has 0 aliphatic carbocycles. The fraction of sp³-hybridized carbons (Fsp3) is 0.727. The van der Waals surface area contributed by atoms with Gasteiger partial charge in [0.25, 0.3) is 0 Å². The minimum absolute atomic E-state index is 0.215. The van der Waals surface area contributed by atoms with Crippen LogP contribution in [0, 0.1) is 0 Å². The fourth-order valence-electron chi connectivity index (χ4n) is 2.10. The highest BCUT2D eigenvalue weighted by atomic mass is 32.1. The molecule has 0 saturated carbocycles. The highest BCUT2D eigenvalue weighted by Gasteiger charge is 2.21. The average Bonchev–Trinajstić information content (AvgIpc) is 2.96. The molecule has 2 rings (SSSR count). The lowest BCUT2D eigenvalue weighted by atomic mass is 10.2. The summed E-state index contributed by atoms with van der Waals surface area (Å²) in [6.45, 7) is 2.12. The lowest BCUT2D eigenvalue weighted by molar-refractivity contribution is 0.0922. The highest BCUT2D eigenvalue weighted by Crippen LogP contribution is 2.16. The molecule has 1 aromatic heterocycles. The molecule has 1 aliphatic heterocycles. The number of aromatic nitrogens is 3. The van der Waals surface area contributed by atoms with Crippen LogP contribution in [-0.4, -0.2) is 46.4 Å². The van der Waals surface area contributed by atoms with Crippen LogP contribution < -0.4 is 5.73 Å². The first-order chi connectivity index (χ1) is 8.72. The van der Waals surface area contributed by atoms with Crippen molar-refractivity contribution in [2.45, 2.75) is 31.9 Å². The van der Waals surface area contributed by atoms with Crippen molar-refractivity contribution in [3.8, 4) is 0 Å². The Balaban J connectivity index is 2.14. The first-order valence-electron chi connectivity index (χ1n) is 6.05. The van der Waals surface area contributed by atoms with Gasteiger partial charge in [-0.05, 0) is 12.8 Å². The van der Waals surface area contributed by atoms with Gasteiger partial charge in [-0.25, -0.2) is 4.68 Å². The maximum atomic E-state index is 5.65. The molecular weight excluding hydrogens is 252 g/mol. The number of nitrogens with zero attached hydrogens (tertiary/aromatic N) is 3. The van der Waals surface area contributed by atoms with Gasteiger partial charge in [-0.15, -0.1) is 5.10 Å². The van der Waals surface area contributed by atoms with Crippen LogP contribution >= 0.6 is 12.2 Å². The highest BCUT2D eigenvalue weighted by molar-refractivity contribution is 7.80. The maximum Gasteiger partial charge on any atom is 0.143 e. The van der Waals surface area contributed by atoms with E-state index in [-0.39, 0.29) is 11.1 Å². The van der Waals surface area contributed by atoms with E-state index in [0.717, 1.165) is 25.1 Å². The van der Waals surface area contributed by atoms with Gasteiger partial charge < -0.3 is 15.2 Å². The Hall–Kier alpha value is -1.05. The van der Waals surface area contributed by atoms with E-state index in [4.69, 9.17) is 27.4 Å². The molecule has 7 heteroatoms. The smallest absolute Gasteiger partial charge is 0.143 e. The van der Waals surface area contributed by atoms with E-state index < -0.39 is 0 Å². The molecule has 6 nitrogen and oxygen atoms in total. The standard InChI is InChI=1S/C11H18N4O2S/c1-16-6-4-9-10(11(12)18)13-14-15(9)7-8-3-2-5-17-8/h8H,2-7H2,1H3,(H2,12,18). The van der Waals surface area contributed by atoms with Crippen LogP contribution in [-0.2, 0) is 22.4 Å². The first-order valence-corrected chi connectivity index (χ1v) is 6.46. The predicted octanol–water partition coefficient (Wildman–Crippen LogP) is 0.280. The maximum absolute atomic E-state index is 5.65. The average molecular weight is 270 g/mol. The number of methoxy groups -OCH3 is 1.